The van der Waals surface area contributed by atoms with Crippen molar-refractivity contribution in [1.82, 2.24) is 9.55 Å². The molecular weight excluding hydrogens is 424 g/mol. The van der Waals surface area contributed by atoms with Gasteiger partial charge in [-0.25, -0.2) is 9.78 Å². The van der Waals surface area contributed by atoms with Crippen molar-refractivity contribution in [3.8, 4) is 23.2 Å². The maximum Gasteiger partial charge on any atom is 0.357 e. The highest BCUT2D eigenvalue weighted by Crippen LogP contribution is 2.34. The molecule has 10 nitrogen and oxygen atoms in total. The van der Waals surface area contributed by atoms with Crippen LogP contribution in [0.2, 0.25) is 0 Å². The van der Waals surface area contributed by atoms with Gasteiger partial charge >= 0.3 is 5.97 Å². The van der Waals surface area contributed by atoms with Gasteiger partial charge in [0.1, 0.15) is 11.6 Å². The van der Waals surface area contributed by atoms with E-state index in [4.69, 9.17) is 14.9 Å². The standard InChI is InChI=1S/C20H14N4O6S/c1-29-20(25)18-17(22)11(9-21)10-24(18)15-7-6-12(31(26,27)28)8-13(15)19-23-14-4-2-3-5-16(14)30-19/h2-8,10H,22H2,1H3,(H,26,27,28). The molecule has 0 aliphatic rings. The fourth-order valence-corrected chi connectivity index (χ4v) is 3.66. The summed E-state index contributed by atoms with van der Waals surface area (Å²) in [6.07, 6.45) is 1.32. The Hall–Kier alpha value is -4.14. The first-order valence-electron chi connectivity index (χ1n) is 8.71. The van der Waals surface area contributed by atoms with Crippen LogP contribution in [0.15, 0.2) is 58.0 Å². The van der Waals surface area contributed by atoms with Crippen LogP contribution < -0.4 is 5.73 Å². The minimum Gasteiger partial charge on any atom is -0.464 e. The number of nitrogen functional groups attached to an aromatic ring is 1. The summed E-state index contributed by atoms with van der Waals surface area (Å²) in [5, 5.41) is 9.35. The van der Waals surface area contributed by atoms with Crippen molar-refractivity contribution >= 4 is 32.9 Å². The van der Waals surface area contributed by atoms with E-state index in [0.29, 0.717) is 11.1 Å². The molecule has 2 heterocycles. The Morgan fingerprint density at radius 3 is 2.68 bits per heavy atom. The van der Waals surface area contributed by atoms with Crippen LogP contribution in [0.4, 0.5) is 5.69 Å². The summed E-state index contributed by atoms with van der Waals surface area (Å²) >= 11 is 0. The Kier molecular flexibility index (Phi) is 4.73. The number of para-hydroxylation sites is 2. The van der Waals surface area contributed by atoms with Crippen LogP contribution in [0.5, 0.6) is 0 Å². The number of carbonyl (C=O) groups is 1. The summed E-state index contributed by atoms with van der Waals surface area (Å²) in [6.45, 7) is 0. The minimum absolute atomic E-state index is 0.0165. The number of oxazole rings is 1. The minimum atomic E-state index is -4.55. The highest BCUT2D eigenvalue weighted by molar-refractivity contribution is 7.85. The van der Waals surface area contributed by atoms with Crippen LogP contribution in [0.3, 0.4) is 0 Å². The number of hydrogen-bond acceptors (Lipinski definition) is 8. The lowest BCUT2D eigenvalue weighted by Gasteiger charge is -2.13. The molecule has 3 N–H and O–H groups in total. The van der Waals surface area contributed by atoms with Gasteiger partial charge in [0, 0.05) is 6.20 Å². The zero-order chi connectivity index (χ0) is 22.3. The second kappa shape index (κ2) is 7.28. The third kappa shape index (κ3) is 3.39. The van der Waals surface area contributed by atoms with Gasteiger partial charge < -0.3 is 19.5 Å². The van der Waals surface area contributed by atoms with Gasteiger partial charge in [-0.05, 0) is 30.3 Å². The number of hydrogen-bond donors (Lipinski definition) is 2. The summed E-state index contributed by atoms with van der Waals surface area (Å²) in [4.78, 5) is 16.3. The second-order valence-electron chi connectivity index (χ2n) is 6.42. The fourth-order valence-electron chi connectivity index (χ4n) is 3.15. The fraction of sp³-hybridized carbons (Fsp3) is 0.0500. The predicted molar refractivity (Wildman–Crippen MR) is 109 cm³/mol. The van der Waals surface area contributed by atoms with E-state index in [1.807, 2.05) is 6.07 Å². The maximum atomic E-state index is 12.4. The average Bonchev–Trinajstić information content (AvgIpc) is 3.33. The topological polar surface area (TPSA) is 161 Å². The number of rotatable bonds is 4. The number of esters is 1. The van der Waals surface area contributed by atoms with Gasteiger partial charge in [0.05, 0.1) is 34.5 Å². The van der Waals surface area contributed by atoms with Crippen LogP contribution in [0.1, 0.15) is 16.1 Å². The second-order valence-corrected chi connectivity index (χ2v) is 7.84. The molecule has 0 saturated carbocycles. The van der Waals surface area contributed by atoms with Crippen molar-refractivity contribution in [3.05, 3.63) is 59.9 Å². The molecule has 4 aromatic rings. The number of benzene rings is 2. The van der Waals surface area contributed by atoms with Crippen molar-refractivity contribution in [3.63, 3.8) is 0 Å². The van der Waals surface area contributed by atoms with Crippen molar-refractivity contribution in [2.75, 3.05) is 12.8 Å². The quantitative estimate of drug-likeness (QED) is 0.360. The molecule has 0 aliphatic heterocycles. The largest absolute Gasteiger partial charge is 0.464 e. The highest BCUT2D eigenvalue weighted by Gasteiger charge is 2.25. The number of carbonyl (C=O) groups excluding carboxylic acids is 1. The first kappa shape index (κ1) is 20.1. The molecule has 11 heteroatoms. The molecule has 0 unspecified atom stereocenters. The average molecular weight is 438 g/mol. The smallest absolute Gasteiger partial charge is 0.357 e. The Bertz CT molecular complexity index is 1460. The van der Waals surface area contributed by atoms with Gasteiger partial charge in [-0.3, -0.25) is 4.55 Å². The number of nitriles is 1. The summed E-state index contributed by atoms with van der Waals surface area (Å²) in [6, 6.07) is 12.4. The van der Waals surface area contributed by atoms with E-state index < -0.39 is 21.0 Å². The molecule has 0 aliphatic carbocycles. The summed E-state index contributed by atoms with van der Waals surface area (Å²) < 4.78 is 44.8. The number of methoxy groups -OCH3 is 1. The van der Waals surface area contributed by atoms with Crippen molar-refractivity contribution in [2.24, 2.45) is 0 Å². The van der Waals surface area contributed by atoms with Crippen LogP contribution in [0, 0.1) is 11.3 Å². The molecule has 0 bridgehead atoms. The highest BCUT2D eigenvalue weighted by atomic mass is 32.2. The number of ether oxygens (including phenoxy) is 1. The van der Waals surface area contributed by atoms with Gasteiger partial charge in [0.25, 0.3) is 10.1 Å². The molecule has 4 rings (SSSR count). The van der Waals surface area contributed by atoms with Crippen LogP contribution in [-0.2, 0) is 14.9 Å². The number of nitrogens with zero attached hydrogens (tertiary/aromatic N) is 3. The maximum absolute atomic E-state index is 12.4. The molecular formula is C20H14N4O6S. The predicted octanol–water partition coefficient (Wildman–Crippen LogP) is 2.77. The zero-order valence-corrected chi connectivity index (χ0v) is 16.8. The molecule has 0 atom stereocenters. The Morgan fingerprint density at radius 2 is 2.03 bits per heavy atom. The molecule has 31 heavy (non-hydrogen) atoms. The molecule has 0 radical (unpaired) electrons. The van der Waals surface area contributed by atoms with Crippen LogP contribution in [0.25, 0.3) is 28.2 Å². The molecule has 156 valence electrons. The van der Waals surface area contributed by atoms with Gasteiger partial charge in [-0.15, -0.1) is 0 Å². The van der Waals surface area contributed by atoms with Crippen molar-refractivity contribution < 1.29 is 26.9 Å². The van der Waals surface area contributed by atoms with Crippen molar-refractivity contribution in [1.29, 1.82) is 5.26 Å². The van der Waals surface area contributed by atoms with E-state index in [-0.39, 0.29) is 34.1 Å². The number of anilines is 1. The number of fused-ring (bicyclic) bond motifs is 1. The Balaban J connectivity index is 2.06. The normalized spacial score (nSPS) is 11.4. The first-order valence-corrected chi connectivity index (χ1v) is 10.2. The van der Waals surface area contributed by atoms with E-state index in [1.54, 1.807) is 24.3 Å². The lowest BCUT2D eigenvalue weighted by Crippen LogP contribution is -2.12. The molecule has 0 amide bonds. The van der Waals surface area contributed by atoms with Gasteiger partial charge in [-0.2, -0.15) is 13.7 Å². The SMILES string of the molecule is COC(=O)c1c(N)c(C#N)cn1-c1ccc(S(=O)(=O)O)cc1-c1nc2ccccc2o1. The van der Waals surface area contributed by atoms with Gasteiger partial charge in [0.15, 0.2) is 11.3 Å². The summed E-state index contributed by atoms with van der Waals surface area (Å²) in [5.74, 6) is -0.773. The van der Waals surface area contributed by atoms with E-state index >= 15 is 0 Å². The molecule has 0 saturated heterocycles. The Morgan fingerprint density at radius 1 is 1.29 bits per heavy atom. The summed E-state index contributed by atoms with van der Waals surface area (Å²) in [7, 11) is -3.39. The van der Waals surface area contributed by atoms with E-state index in [9.17, 15) is 23.0 Å². The first-order chi connectivity index (χ1) is 14.7. The van der Waals surface area contributed by atoms with E-state index in [2.05, 4.69) is 4.98 Å². The molecule has 0 spiro atoms. The van der Waals surface area contributed by atoms with Gasteiger partial charge in [-0.1, -0.05) is 12.1 Å². The lowest BCUT2D eigenvalue weighted by molar-refractivity contribution is 0.0593. The number of nitrogens with two attached hydrogens (primary N) is 1. The Labute approximate surface area is 175 Å². The molecule has 2 aromatic heterocycles. The van der Waals surface area contributed by atoms with E-state index in [0.717, 1.165) is 19.2 Å². The third-order valence-corrected chi connectivity index (χ3v) is 5.44. The van der Waals surface area contributed by atoms with Gasteiger partial charge in [0.2, 0.25) is 5.89 Å². The lowest BCUT2D eigenvalue weighted by atomic mass is 10.1. The third-order valence-electron chi connectivity index (χ3n) is 4.59. The monoisotopic (exact) mass is 438 g/mol. The molecule has 0 fully saturated rings. The molecule has 2 aromatic carbocycles. The zero-order valence-electron chi connectivity index (χ0n) is 15.9. The van der Waals surface area contributed by atoms with Crippen LogP contribution in [-0.4, -0.2) is 35.6 Å². The van der Waals surface area contributed by atoms with Crippen LogP contribution >= 0.6 is 0 Å². The number of aromatic nitrogens is 2. The van der Waals surface area contributed by atoms with E-state index in [1.165, 1.54) is 16.8 Å². The van der Waals surface area contributed by atoms with Crippen molar-refractivity contribution in [2.45, 2.75) is 4.90 Å². The summed E-state index contributed by atoms with van der Waals surface area (Å²) in [5.41, 5.74) is 7.07.